The number of hydrogen-bond acceptors (Lipinski definition) is 5. The van der Waals surface area contributed by atoms with Crippen LogP contribution in [0, 0.1) is 5.41 Å². The Morgan fingerprint density at radius 1 is 1.38 bits per heavy atom. The van der Waals surface area contributed by atoms with Crippen molar-refractivity contribution in [3.8, 4) is 0 Å². The molecule has 0 saturated carbocycles. The number of para-hydroxylation sites is 1. The predicted octanol–water partition coefficient (Wildman–Crippen LogP) is 3.55. The summed E-state index contributed by atoms with van der Waals surface area (Å²) in [7, 11) is 0. The summed E-state index contributed by atoms with van der Waals surface area (Å²) >= 11 is 0. The molecule has 0 aliphatic heterocycles. The molecule has 0 amide bonds. The fourth-order valence-electron chi connectivity index (χ4n) is 2.10. The van der Waals surface area contributed by atoms with Crippen LogP contribution in [0.25, 0.3) is 10.9 Å². The zero-order valence-electron chi connectivity index (χ0n) is 12.2. The van der Waals surface area contributed by atoms with E-state index in [1.807, 2.05) is 44.2 Å². The number of aliphatic imine (C=N–C) groups is 1. The van der Waals surface area contributed by atoms with Crippen LogP contribution in [0.1, 0.15) is 13.8 Å². The van der Waals surface area contributed by atoms with Gasteiger partial charge in [-0.05, 0) is 26.0 Å². The molecule has 4 N–H and O–H groups in total. The van der Waals surface area contributed by atoms with Crippen LogP contribution in [0.5, 0.6) is 0 Å². The molecule has 2 rings (SSSR count). The molecule has 1 heterocycles. The van der Waals surface area contributed by atoms with Gasteiger partial charge in [-0.1, -0.05) is 24.3 Å². The predicted molar refractivity (Wildman–Crippen MR) is 91.0 cm³/mol. The van der Waals surface area contributed by atoms with E-state index in [4.69, 9.17) is 11.1 Å². The lowest BCUT2D eigenvalue weighted by atomic mass is 10.1. The van der Waals surface area contributed by atoms with Gasteiger partial charge in [-0.15, -0.1) is 0 Å². The first-order valence-electron chi connectivity index (χ1n) is 6.78. The second-order valence-corrected chi connectivity index (χ2v) is 4.50. The van der Waals surface area contributed by atoms with Gasteiger partial charge in [0.25, 0.3) is 0 Å². The third-order valence-corrected chi connectivity index (χ3v) is 2.98. The van der Waals surface area contributed by atoms with Crippen molar-refractivity contribution in [2.75, 3.05) is 17.6 Å². The highest BCUT2D eigenvalue weighted by molar-refractivity contribution is 6.03. The van der Waals surface area contributed by atoms with E-state index in [1.165, 1.54) is 0 Å². The van der Waals surface area contributed by atoms with Gasteiger partial charge in [0.1, 0.15) is 5.69 Å². The minimum absolute atomic E-state index is 0.381. The molecule has 5 heteroatoms. The molecule has 0 unspecified atom stereocenters. The van der Waals surface area contributed by atoms with Crippen LogP contribution in [0.2, 0.25) is 0 Å². The lowest BCUT2D eigenvalue weighted by Gasteiger charge is -2.13. The Labute approximate surface area is 124 Å². The van der Waals surface area contributed by atoms with E-state index < -0.39 is 0 Å². The van der Waals surface area contributed by atoms with Gasteiger partial charge < -0.3 is 16.5 Å². The zero-order valence-corrected chi connectivity index (χ0v) is 12.2. The number of fused-ring (bicyclic) bond motifs is 1. The van der Waals surface area contributed by atoms with Gasteiger partial charge in [0.15, 0.2) is 5.82 Å². The smallest absolute Gasteiger partial charge is 0.152 e. The maximum absolute atomic E-state index is 7.84. The molecule has 108 valence electrons. The molecular formula is C16H19N5. The number of allylic oxidation sites excluding steroid dienone is 1. The van der Waals surface area contributed by atoms with Gasteiger partial charge >= 0.3 is 0 Å². The van der Waals surface area contributed by atoms with E-state index in [9.17, 15) is 0 Å². The molecule has 0 atom stereocenters. The van der Waals surface area contributed by atoms with Crippen molar-refractivity contribution in [1.29, 1.82) is 5.41 Å². The Balaban J connectivity index is 2.51. The average molecular weight is 281 g/mol. The number of benzene rings is 1. The molecule has 2 aromatic rings. The first-order valence-corrected chi connectivity index (χ1v) is 6.78. The topological polar surface area (TPSA) is 87.2 Å². The van der Waals surface area contributed by atoms with Crippen LogP contribution < -0.4 is 11.1 Å². The normalized spacial score (nSPS) is 11.5. The summed E-state index contributed by atoms with van der Waals surface area (Å²) in [6.45, 7) is 4.13. The van der Waals surface area contributed by atoms with Crippen molar-refractivity contribution >= 4 is 40.0 Å². The number of nitrogens with one attached hydrogen (secondary N) is 2. The molecule has 21 heavy (non-hydrogen) atoms. The van der Waals surface area contributed by atoms with E-state index >= 15 is 0 Å². The summed E-state index contributed by atoms with van der Waals surface area (Å²) in [6.07, 6.45) is 5.28. The summed E-state index contributed by atoms with van der Waals surface area (Å²) < 4.78 is 0. The Morgan fingerprint density at radius 2 is 2.14 bits per heavy atom. The molecule has 0 bridgehead atoms. The molecular weight excluding hydrogens is 262 g/mol. The number of hydrogen-bond donors (Lipinski definition) is 3. The summed E-state index contributed by atoms with van der Waals surface area (Å²) in [5.74, 6) is 0.381. The monoisotopic (exact) mass is 281 g/mol. The number of rotatable bonds is 5. The minimum Gasteiger partial charge on any atom is -0.382 e. The number of nitrogen functional groups attached to an aromatic ring is 1. The Kier molecular flexibility index (Phi) is 4.66. The molecule has 0 saturated heterocycles. The second-order valence-electron chi connectivity index (χ2n) is 4.50. The summed E-state index contributed by atoms with van der Waals surface area (Å²) in [5, 5.41) is 12.0. The molecule has 5 nitrogen and oxygen atoms in total. The summed E-state index contributed by atoms with van der Waals surface area (Å²) in [4.78, 5) is 8.69. The fraction of sp³-hybridized carbons (Fsp3) is 0.188. The van der Waals surface area contributed by atoms with Gasteiger partial charge in [-0.25, -0.2) is 4.98 Å². The number of pyridine rings is 1. The number of nitrogens with zero attached hydrogens (tertiary/aromatic N) is 2. The van der Waals surface area contributed by atoms with E-state index in [0.29, 0.717) is 23.8 Å². The lowest BCUT2D eigenvalue weighted by Crippen LogP contribution is -2.11. The maximum atomic E-state index is 7.84. The molecule has 0 radical (unpaired) electrons. The Bertz CT molecular complexity index is 716. The van der Waals surface area contributed by atoms with E-state index in [-0.39, 0.29) is 0 Å². The van der Waals surface area contributed by atoms with Crippen LogP contribution in [0.4, 0.5) is 17.2 Å². The fourth-order valence-corrected chi connectivity index (χ4v) is 2.10. The highest BCUT2D eigenvalue weighted by Gasteiger charge is 2.12. The molecule has 0 spiro atoms. The van der Waals surface area contributed by atoms with Crippen molar-refractivity contribution in [2.45, 2.75) is 13.8 Å². The molecule has 0 aliphatic carbocycles. The highest BCUT2D eigenvalue weighted by atomic mass is 15.0. The molecule has 0 fully saturated rings. The quantitative estimate of drug-likeness (QED) is 0.732. The van der Waals surface area contributed by atoms with Crippen LogP contribution in [-0.4, -0.2) is 23.5 Å². The van der Waals surface area contributed by atoms with Crippen molar-refractivity contribution < 1.29 is 0 Å². The van der Waals surface area contributed by atoms with Crippen LogP contribution in [0.15, 0.2) is 41.4 Å². The number of nitrogens with two attached hydrogens (primary N) is 1. The SMILES string of the molecule is CC=Nc1c(N)nc2ccccc2c1NCC(=N)/C=C/C. The standard InChI is InChI=1S/C16H19N5/c1-3-7-11(17)10-20-14-12-8-5-6-9-13(12)21-16(18)15(14)19-4-2/h3-9,17H,10H2,1-2H3,(H3,18,20,21)/b7-3+,17-11?,19-4?. The Hall–Kier alpha value is -2.69. The van der Waals surface area contributed by atoms with Gasteiger partial charge in [0, 0.05) is 11.6 Å². The van der Waals surface area contributed by atoms with Gasteiger partial charge in [-0.2, -0.15) is 0 Å². The van der Waals surface area contributed by atoms with Crippen LogP contribution >= 0.6 is 0 Å². The number of anilines is 2. The largest absolute Gasteiger partial charge is 0.382 e. The van der Waals surface area contributed by atoms with Gasteiger partial charge in [0.2, 0.25) is 0 Å². The summed E-state index contributed by atoms with van der Waals surface area (Å²) in [6, 6.07) is 7.75. The highest BCUT2D eigenvalue weighted by Crippen LogP contribution is 2.36. The zero-order chi connectivity index (χ0) is 15.2. The van der Waals surface area contributed by atoms with Crippen LogP contribution in [0.3, 0.4) is 0 Å². The van der Waals surface area contributed by atoms with Crippen molar-refractivity contribution in [3.05, 3.63) is 36.4 Å². The average Bonchev–Trinajstić information content (AvgIpc) is 2.47. The minimum atomic E-state index is 0.381. The van der Waals surface area contributed by atoms with E-state index in [1.54, 1.807) is 12.3 Å². The second kappa shape index (κ2) is 6.65. The van der Waals surface area contributed by atoms with E-state index in [0.717, 1.165) is 16.6 Å². The maximum Gasteiger partial charge on any atom is 0.152 e. The molecule has 1 aromatic heterocycles. The van der Waals surface area contributed by atoms with Crippen molar-refractivity contribution in [3.63, 3.8) is 0 Å². The van der Waals surface area contributed by atoms with Gasteiger partial charge in [-0.3, -0.25) is 4.99 Å². The first kappa shape index (κ1) is 14.7. The Morgan fingerprint density at radius 3 is 2.86 bits per heavy atom. The third kappa shape index (κ3) is 3.25. The number of aromatic nitrogens is 1. The summed E-state index contributed by atoms with van der Waals surface area (Å²) in [5.41, 5.74) is 8.73. The van der Waals surface area contributed by atoms with Gasteiger partial charge in [0.05, 0.1) is 23.5 Å². The van der Waals surface area contributed by atoms with Crippen molar-refractivity contribution in [1.82, 2.24) is 4.98 Å². The van der Waals surface area contributed by atoms with Crippen molar-refractivity contribution in [2.24, 2.45) is 4.99 Å². The first-order chi connectivity index (χ1) is 10.2. The lowest BCUT2D eigenvalue weighted by molar-refractivity contribution is 1.32. The molecule has 0 aliphatic rings. The van der Waals surface area contributed by atoms with E-state index in [2.05, 4.69) is 15.3 Å². The molecule has 1 aromatic carbocycles. The van der Waals surface area contributed by atoms with Crippen LogP contribution in [-0.2, 0) is 0 Å². The third-order valence-electron chi connectivity index (χ3n) is 2.98.